The predicted octanol–water partition coefficient (Wildman–Crippen LogP) is 2.14. The minimum absolute atomic E-state index is 0.0465. The van der Waals surface area contributed by atoms with Crippen molar-refractivity contribution in [1.82, 2.24) is 4.90 Å². The summed E-state index contributed by atoms with van der Waals surface area (Å²) in [6, 6.07) is 6.70. The van der Waals surface area contributed by atoms with E-state index in [1.165, 1.54) is 0 Å². The summed E-state index contributed by atoms with van der Waals surface area (Å²) in [5.41, 5.74) is 0. The minimum atomic E-state index is -3.02. The van der Waals surface area contributed by atoms with Gasteiger partial charge in [-0.2, -0.15) is 0 Å². The maximum absolute atomic E-state index is 12.4. The molecule has 1 fully saturated rings. The van der Waals surface area contributed by atoms with E-state index in [1.807, 2.05) is 6.92 Å². The van der Waals surface area contributed by atoms with E-state index in [-0.39, 0.29) is 30.1 Å². The molecule has 1 unspecified atom stereocenters. The van der Waals surface area contributed by atoms with Gasteiger partial charge < -0.3 is 9.64 Å². The summed E-state index contributed by atoms with van der Waals surface area (Å²) < 4.78 is 28.7. The van der Waals surface area contributed by atoms with Crippen molar-refractivity contribution in [2.45, 2.75) is 25.8 Å². The fourth-order valence-electron chi connectivity index (χ4n) is 2.56. The number of carbonyl (C=O) groups excluding carboxylic acids is 1. The van der Waals surface area contributed by atoms with Crippen molar-refractivity contribution in [2.75, 3.05) is 24.7 Å². The lowest BCUT2D eigenvalue weighted by atomic mass is 10.2. The molecule has 0 aromatic heterocycles. The van der Waals surface area contributed by atoms with Gasteiger partial charge in [0.2, 0.25) is 0 Å². The highest BCUT2D eigenvalue weighted by atomic mass is 35.5. The van der Waals surface area contributed by atoms with Gasteiger partial charge in [-0.25, -0.2) is 8.42 Å². The average Bonchev–Trinajstić information content (AvgIpc) is 2.83. The molecule has 0 saturated carbocycles. The Morgan fingerprint density at radius 3 is 2.73 bits per heavy atom. The topological polar surface area (TPSA) is 63.7 Å². The van der Waals surface area contributed by atoms with Gasteiger partial charge in [0.1, 0.15) is 5.75 Å². The summed E-state index contributed by atoms with van der Waals surface area (Å²) in [4.78, 5) is 14.0. The molecule has 0 radical (unpaired) electrons. The Kier molecular flexibility index (Phi) is 5.69. The molecule has 1 heterocycles. The van der Waals surface area contributed by atoms with Gasteiger partial charge >= 0.3 is 0 Å². The Bertz CT molecular complexity index is 632. The van der Waals surface area contributed by atoms with Crippen LogP contribution in [0.2, 0.25) is 5.02 Å². The first kappa shape index (κ1) is 17.1. The zero-order valence-electron chi connectivity index (χ0n) is 12.5. The van der Waals surface area contributed by atoms with Crippen molar-refractivity contribution >= 4 is 27.3 Å². The Morgan fingerprint density at radius 1 is 1.41 bits per heavy atom. The van der Waals surface area contributed by atoms with Gasteiger partial charge in [-0.1, -0.05) is 30.7 Å². The van der Waals surface area contributed by atoms with Gasteiger partial charge in [0, 0.05) is 12.6 Å². The molecule has 5 nitrogen and oxygen atoms in total. The first-order valence-corrected chi connectivity index (χ1v) is 9.50. The standard InChI is InChI=1S/C15H20ClNO4S/c1-2-8-17(12-7-9-22(19,20)11-12)15(18)10-21-14-6-4-3-5-13(14)16/h3-6,12H,2,7-11H2,1H3. The van der Waals surface area contributed by atoms with Crippen molar-refractivity contribution in [3.8, 4) is 5.75 Å². The Morgan fingerprint density at radius 2 is 2.14 bits per heavy atom. The molecule has 0 N–H and O–H groups in total. The number of ether oxygens (including phenoxy) is 1. The van der Waals surface area contributed by atoms with E-state index in [4.69, 9.17) is 16.3 Å². The largest absolute Gasteiger partial charge is 0.482 e. The highest BCUT2D eigenvalue weighted by Gasteiger charge is 2.34. The smallest absolute Gasteiger partial charge is 0.260 e. The summed E-state index contributed by atoms with van der Waals surface area (Å²) in [6.45, 7) is 2.35. The third-order valence-electron chi connectivity index (χ3n) is 3.62. The van der Waals surface area contributed by atoms with Crippen LogP contribution >= 0.6 is 11.6 Å². The second-order valence-electron chi connectivity index (χ2n) is 5.36. The van der Waals surface area contributed by atoms with E-state index in [0.29, 0.717) is 23.7 Å². The number of rotatable bonds is 6. The highest BCUT2D eigenvalue weighted by Crippen LogP contribution is 2.23. The van der Waals surface area contributed by atoms with Crippen LogP contribution in [0.15, 0.2) is 24.3 Å². The first-order valence-electron chi connectivity index (χ1n) is 7.30. The number of benzene rings is 1. The van der Waals surface area contributed by atoms with Gasteiger partial charge in [0.05, 0.1) is 16.5 Å². The molecule has 7 heteroatoms. The summed E-state index contributed by atoms with van der Waals surface area (Å²) in [6.07, 6.45) is 1.27. The van der Waals surface area contributed by atoms with Crippen molar-refractivity contribution < 1.29 is 17.9 Å². The molecule has 1 amide bonds. The number of halogens is 1. The second kappa shape index (κ2) is 7.33. The average molecular weight is 346 g/mol. The van der Waals surface area contributed by atoms with Crippen molar-refractivity contribution in [1.29, 1.82) is 0 Å². The van der Waals surface area contributed by atoms with Gasteiger partial charge in [-0.15, -0.1) is 0 Å². The Labute approximate surface area is 136 Å². The quantitative estimate of drug-likeness (QED) is 0.792. The van der Waals surface area contributed by atoms with Crippen LogP contribution in [-0.2, 0) is 14.6 Å². The molecule has 0 spiro atoms. The molecule has 1 aromatic carbocycles. The third-order valence-corrected chi connectivity index (χ3v) is 5.68. The number of para-hydroxylation sites is 1. The number of hydrogen-bond acceptors (Lipinski definition) is 4. The zero-order valence-corrected chi connectivity index (χ0v) is 14.1. The van der Waals surface area contributed by atoms with Crippen molar-refractivity contribution in [2.24, 2.45) is 0 Å². The van der Waals surface area contributed by atoms with Gasteiger partial charge in [0.25, 0.3) is 5.91 Å². The van der Waals surface area contributed by atoms with E-state index in [9.17, 15) is 13.2 Å². The van der Waals surface area contributed by atoms with E-state index < -0.39 is 9.84 Å². The lowest BCUT2D eigenvalue weighted by Gasteiger charge is -2.27. The Hall–Kier alpha value is -1.27. The van der Waals surface area contributed by atoms with E-state index in [1.54, 1.807) is 29.2 Å². The fraction of sp³-hybridized carbons (Fsp3) is 0.533. The summed E-state index contributed by atoms with van der Waals surface area (Å²) >= 11 is 5.98. The monoisotopic (exact) mass is 345 g/mol. The molecule has 1 aromatic rings. The van der Waals surface area contributed by atoms with Crippen LogP contribution < -0.4 is 4.74 Å². The molecule has 22 heavy (non-hydrogen) atoms. The molecule has 2 rings (SSSR count). The van der Waals surface area contributed by atoms with Crippen LogP contribution in [0.5, 0.6) is 5.75 Å². The zero-order chi connectivity index (χ0) is 16.2. The molecule has 122 valence electrons. The lowest BCUT2D eigenvalue weighted by Crippen LogP contribution is -2.44. The first-order chi connectivity index (χ1) is 10.4. The summed E-state index contributed by atoms with van der Waals surface area (Å²) in [5.74, 6) is 0.443. The Balaban J connectivity index is 2.00. The lowest BCUT2D eigenvalue weighted by molar-refractivity contribution is -0.135. The summed E-state index contributed by atoms with van der Waals surface area (Å²) in [5, 5.41) is 0.445. The van der Waals surface area contributed by atoms with Crippen LogP contribution in [-0.4, -0.2) is 49.9 Å². The van der Waals surface area contributed by atoms with E-state index in [2.05, 4.69) is 0 Å². The van der Waals surface area contributed by atoms with Crippen LogP contribution in [0.3, 0.4) is 0 Å². The normalized spacial score (nSPS) is 19.8. The van der Waals surface area contributed by atoms with Crippen LogP contribution in [0.1, 0.15) is 19.8 Å². The van der Waals surface area contributed by atoms with Crippen molar-refractivity contribution in [3.05, 3.63) is 29.3 Å². The maximum atomic E-state index is 12.4. The molecule has 0 bridgehead atoms. The van der Waals surface area contributed by atoms with Crippen LogP contribution in [0, 0.1) is 0 Å². The predicted molar refractivity (Wildman–Crippen MR) is 86.0 cm³/mol. The SMILES string of the molecule is CCCN(C(=O)COc1ccccc1Cl)C1CCS(=O)(=O)C1. The fourth-order valence-corrected chi connectivity index (χ4v) is 4.48. The van der Waals surface area contributed by atoms with Crippen molar-refractivity contribution in [3.63, 3.8) is 0 Å². The number of hydrogen-bond donors (Lipinski definition) is 0. The van der Waals surface area contributed by atoms with Crippen LogP contribution in [0.25, 0.3) is 0 Å². The molecule has 1 atom stereocenters. The summed E-state index contributed by atoms with van der Waals surface area (Å²) in [7, 11) is -3.02. The van der Waals surface area contributed by atoms with E-state index in [0.717, 1.165) is 6.42 Å². The molecule has 0 aliphatic carbocycles. The maximum Gasteiger partial charge on any atom is 0.260 e. The molecular formula is C15H20ClNO4S. The third kappa shape index (κ3) is 4.36. The van der Waals surface area contributed by atoms with E-state index >= 15 is 0 Å². The minimum Gasteiger partial charge on any atom is -0.482 e. The van der Waals surface area contributed by atoms with Gasteiger partial charge in [-0.3, -0.25) is 4.79 Å². The molecule has 1 aliphatic rings. The number of nitrogens with zero attached hydrogens (tertiary/aromatic N) is 1. The molecule has 1 saturated heterocycles. The number of carbonyl (C=O) groups is 1. The van der Waals surface area contributed by atoms with Crippen LogP contribution in [0.4, 0.5) is 0 Å². The highest BCUT2D eigenvalue weighted by molar-refractivity contribution is 7.91. The second-order valence-corrected chi connectivity index (χ2v) is 8.00. The molecular weight excluding hydrogens is 326 g/mol. The number of sulfone groups is 1. The van der Waals surface area contributed by atoms with Gasteiger partial charge in [-0.05, 0) is 25.0 Å². The van der Waals surface area contributed by atoms with Gasteiger partial charge in [0.15, 0.2) is 16.4 Å². The number of amides is 1. The molecule has 1 aliphatic heterocycles.